The number of aliphatic carboxylic acids is 3. The first kappa shape index (κ1) is 47.3. The van der Waals surface area contributed by atoms with Crippen molar-refractivity contribution in [2.24, 2.45) is 0 Å². The molecule has 0 atom stereocenters. The summed E-state index contributed by atoms with van der Waals surface area (Å²) in [6.45, 7) is 2.58. The minimum Gasteiger partial charge on any atom is -0.480 e. The number of nitrogens with zero attached hydrogens (tertiary/aromatic N) is 7. The minimum absolute atomic E-state index is 0. The third-order valence-electron chi connectivity index (χ3n) is 10.3. The van der Waals surface area contributed by atoms with E-state index >= 15 is 0 Å². The zero-order chi connectivity index (χ0) is 41.2. The molecule has 0 bridgehead atoms. The molecule has 4 aromatic rings. The van der Waals surface area contributed by atoms with Crippen molar-refractivity contribution in [3.05, 3.63) is 78.0 Å². The van der Waals surface area contributed by atoms with E-state index < -0.39 is 25.0 Å². The molecule has 1 fully saturated rings. The van der Waals surface area contributed by atoms with E-state index in [0.717, 1.165) is 38.5 Å². The van der Waals surface area contributed by atoms with Crippen LogP contribution in [0.2, 0.25) is 0 Å². The zero-order valence-electron chi connectivity index (χ0n) is 33.2. The van der Waals surface area contributed by atoms with Crippen molar-refractivity contribution in [3.63, 3.8) is 0 Å². The van der Waals surface area contributed by atoms with Gasteiger partial charge in [-0.25, -0.2) is 0 Å². The van der Waals surface area contributed by atoms with Gasteiger partial charge in [0, 0.05) is 101 Å². The summed E-state index contributed by atoms with van der Waals surface area (Å²) in [5, 5.41) is 52.0. The Morgan fingerprint density at radius 3 is 1.67 bits per heavy atom. The van der Waals surface area contributed by atoms with Crippen LogP contribution < -0.4 is 10.0 Å². The molecule has 1 aliphatic heterocycles. The van der Waals surface area contributed by atoms with Crippen molar-refractivity contribution in [2.75, 3.05) is 99.7 Å². The average molecular weight is 939 g/mol. The Labute approximate surface area is 379 Å². The molecule has 1 saturated heterocycles. The first-order valence-corrected chi connectivity index (χ1v) is 19.0. The van der Waals surface area contributed by atoms with Crippen LogP contribution in [-0.2, 0) is 32.3 Å². The number of carbonyl (C=O) groups is 4. The Balaban J connectivity index is 0.00000744. The third-order valence-corrected chi connectivity index (χ3v) is 10.3. The van der Waals surface area contributed by atoms with Crippen molar-refractivity contribution in [1.82, 2.24) is 29.4 Å². The smallest absolute Gasteiger partial charge is 0.480 e. The third kappa shape index (κ3) is 13.3. The van der Waals surface area contributed by atoms with Gasteiger partial charge in [-0.1, -0.05) is 36.4 Å². The molecule has 3 aromatic carbocycles. The second-order valence-electron chi connectivity index (χ2n) is 14.9. The molecule has 1 aromatic heterocycles. The number of amides is 1. The number of carbonyl (C=O) groups excluding carboxylic acids is 1. The summed E-state index contributed by atoms with van der Waals surface area (Å²) >= 11 is 0. The van der Waals surface area contributed by atoms with Crippen LogP contribution in [0, 0.1) is 49.4 Å². The van der Waals surface area contributed by atoms with Gasteiger partial charge in [0.05, 0.1) is 31.6 Å². The fourth-order valence-corrected chi connectivity index (χ4v) is 7.38. The first-order chi connectivity index (χ1) is 27.2. The van der Waals surface area contributed by atoms with Gasteiger partial charge in [-0.05, 0) is 37.3 Å². The van der Waals surface area contributed by atoms with Crippen molar-refractivity contribution in [3.8, 4) is 5.69 Å². The maximum atomic E-state index is 13.8. The van der Waals surface area contributed by atoms with Crippen LogP contribution in [-0.4, -0.2) is 185 Å². The number of carboxylic acids is 3. The predicted molar refractivity (Wildman–Crippen MR) is 215 cm³/mol. The van der Waals surface area contributed by atoms with Gasteiger partial charge in [-0.3, -0.25) is 38.8 Å². The van der Waals surface area contributed by atoms with Gasteiger partial charge in [0.1, 0.15) is 0 Å². The number of rotatable bonds is 14. The standard InChI is InChI=1S/C40H52BN7O9.Eu/c1-42(2)24-33-34(41(56)57)9-6-10-35(33)48-23-30-7-4-5-8-31(30)32-21-29(11-12-36(32)48)22-43(3)37(49)25-44-13-15-45(26-38(50)51)17-19-47(28-40(54)55)20-18-46(16-14-44)27-39(52)53;/h4-12,21,23,56-57H,13-20,22,24-28H2,1-3H3,(H2-,50,51,52,53,54,55);/q;+3/p+1. The fourth-order valence-electron chi connectivity index (χ4n) is 7.38. The summed E-state index contributed by atoms with van der Waals surface area (Å²) in [6, 6.07) is 19.6. The van der Waals surface area contributed by atoms with Gasteiger partial charge in [-0.2, -0.15) is 4.57 Å². The Morgan fingerprint density at radius 2 is 1.17 bits per heavy atom. The number of aromatic nitrogens is 1. The van der Waals surface area contributed by atoms with Crippen molar-refractivity contribution < 1.29 is 98.5 Å². The number of hydrogen-bond acceptors (Lipinski definition) is 11. The molecule has 308 valence electrons. The first-order valence-electron chi connectivity index (χ1n) is 19.0. The molecule has 5 rings (SSSR count). The maximum Gasteiger partial charge on any atom is 3.00 e. The summed E-state index contributed by atoms with van der Waals surface area (Å²) in [4.78, 5) is 59.4. The van der Waals surface area contributed by atoms with Crippen LogP contribution in [0.15, 0.2) is 66.9 Å². The topological polar surface area (TPSA) is 193 Å². The van der Waals surface area contributed by atoms with E-state index in [1.165, 1.54) is 0 Å². The van der Waals surface area contributed by atoms with Crippen LogP contribution >= 0.6 is 0 Å². The molecule has 2 heterocycles. The summed E-state index contributed by atoms with van der Waals surface area (Å²) in [7, 11) is 3.95. The van der Waals surface area contributed by atoms with Crippen LogP contribution in [0.25, 0.3) is 27.4 Å². The van der Waals surface area contributed by atoms with Crippen molar-refractivity contribution in [1.29, 1.82) is 0 Å². The van der Waals surface area contributed by atoms with E-state index in [2.05, 4.69) is 16.7 Å². The predicted octanol–water partition coefficient (Wildman–Crippen LogP) is -0.555. The summed E-state index contributed by atoms with van der Waals surface area (Å²) in [5.41, 5.74) is 3.83. The molecule has 5 N–H and O–H groups in total. The second kappa shape index (κ2) is 22.3. The second-order valence-corrected chi connectivity index (χ2v) is 14.9. The fraction of sp³-hybridized carbons (Fsp3) is 0.425. The Bertz CT molecular complexity index is 2040. The van der Waals surface area contributed by atoms with Gasteiger partial charge >= 0.3 is 74.4 Å². The van der Waals surface area contributed by atoms with Crippen LogP contribution in [0.1, 0.15) is 11.1 Å². The average Bonchev–Trinajstić information content (AvgIpc) is 3.14. The van der Waals surface area contributed by atoms with E-state index in [0.29, 0.717) is 70.9 Å². The zero-order valence-corrected chi connectivity index (χ0v) is 35.6. The molecule has 18 heteroatoms. The van der Waals surface area contributed by atoms with Crippen LogP contribution in [0.4, 0.5) is 0 Å². The number of carboxylic acid groups (broad SMARTS) is 3. The van der Waals surface area contributed by atoms with Gasteiger partial charge in [0.2, 0.25) is 17.1 Å². The molecule has 0 spiro atoms. The van der Waals surface area contributed by atoms with Crippen LogP contribution in [0.3, 0.4) is 0 Å². The molecule has 1 aliphatic rings. The molecule has 1 amide bonds. The number of likely N-dealkylation sites (N-methyl/N-ethyl adjacent to an activating group) is 1. The Kier molecular flexibility index (Phi) is 18.1. The molecular formula is C40H53BEuN7O9+4. The minimum atomic E-state index is -1.64. The Morgan fingerprint density at radius 1 is 0.655 bits per heavy atom. The number of pyridine rings is 1. The molecule has 58 heavy (non-hydrogen) atoms. The molecule has 0 radical (unpaired) electrons. The van der Waals surface area contributed by atoms with E-state index in [9.17, 15) is 44.5 Å². The Hall–Kier alpha value is -3.42. The molecular weight excluding hydrogens is 885 g/mol. The van der Waals surface area contributed by atoms with Crippen LogP contribution in [0.5, 0.6) is 0 Å². The van der Waals surface area contributed by atoms with E-state index in [1.54, 1.807) is 32.7 Å². The van der Waals surface area contributed by atoms with Crippen molar-refractivity contribution >= 4 is 58.1 Å². The van der Waals surface area contributed by atoms with E-state index in [-0.39, 0.29) is 81.5 Å². The normalized spacial score (nSPS) is 15.4. The van der Waals surface area contributed by atoms with Gasteiger partial charge < -0.3 is 35.2 Å². The van der Waals surface area contributed by atoms with Gasteiger partial charge in [0.15, 0.2) is 6.20 Å². The SMILES string of the molecule is CN(C)Cc1c(B(O)O)cccc1-[n+]1cc2ccccc2c2cc(CN(C)C(=O)CN3CCN(CC(=O)O)CCN(CC(=O)O)CCN(CC(=O)O)CC3)ccc21.[Eu+3]. The molecule has 0 unspecified atom stereocenters. The molecule has 0 saturated carbocycles. The van der Waals surface area contributed by atoms with E-state index in [1.807, 2.05) is 72.6 Å². The molecule has 16 nitrogen and oxygen atoms in total. The maximum absolute atomic E-state index is 13.8. The van der Waals surface area contributed by atoms with Crippen molar-refractivity contribution in [2.45, 2.75) is 13.1 Å². The quantitative estimate of drug-likeness (QED) is 0.0615. The van der Waals surface area contributed by atoms with E-state index in [4.69, 9.17) is 0 Å². The number of benzene rings is 3. The monoisotopic (exact) mass is 939 g/mol. The summed E-state index contributed by atoms with van der Waals surface area (Å²) < 4.78 is 2.07. The largest absolute Gasteiger partial charge is 3.00 e. The number of fused-ring (bicyclic) bond motifs is 3. The molecule has 0 aliphatic carbocycles. The number of hydrogen-bond donors (Lipinski definition) is 5. The summed E-state index contributed by atoms with van der Waals surface area (Å²) in [6.07, 6.45) is 2.05. The van der Waals surface area contributed by atoms with Gasteiger partial charge in [-0.15, -0.1) is 0 Å². The van der Waals surface area contributed by atoms with Gasteiger partial charge in [0.25, 0.3) is 0 Å². The summed E-state index contributed by atoms with van der Waals surface area (Å²) in [5.74, 6) is -3.21.